The number of carboxylic acids is 1. The van der Waals surface area contributed by atoms with Crippen LogP contribution in [0.2, 0.25) is 0 Å². The van der Waals surface area contributed by atoms with Crippen molar-refractivity contribution >= 4 is 11.9 Å². The Morgan fingerprint density at radius 3 is 2.56 bits per heavy atom. The van der Waals surface area contributed by atoms with Crippen LogP contribution in [0.25, 0.3) is 0 Å². The molecule has 0 aromatic heterocycles. The Bertz CT molecular complexity index is 312. The SMILES string of the molecule is O=C(O)C[C@@H]1CCCN1C(=O)COC1CCCC1. The van der Waals surface area contributed by atoms with Gasteiger partial charge < -0.3 is 14.7 Å². The Hall–Kier alpha value is -1.10. The second kappa shape index (κ2) is 6.18. The summed E-state index contributed by atoms with van der Waals surface area (Å²) in [6.45, 7) is 0.783. The molecule has 1 N–H and O–H groups in total. The molecule has 0 spiro atoms. The van der Waals surface area contributed by atoms with Gasteiger partial charge in [-0.1, -0.05) is 12.8 Å². The molecule has 5 nitrogen and oxygen atoms in total. The van der Waals surface area contributed by atoms with Crippen LogP contribution in [0.5, 0.6) is 0 Å². The lowest BCUT2D eigenvalue weighted by molar-refractivity contribution is -0.142. The largest absolute Gasteiger partial charge is 0.481 e. The second-order valence-corrected chi connectivity index (χ2v) is 5.20. The molecule has 2 rings (SSSR count). The van der Waals surface area contributed by atoms with Gasteiger partial charge in [-0.05, 0) is 25.7 Å². The monoisotopic (exact) mass is 255 g/mol. The summed E-state index contributed by atoms with van der Waals surface area (Å²) in [6, 6.07) is -0.137. The van der Waals surface area contributed by atoms with Gasteiger partial charge in [0.05, 0.1) is 12.5 Å². The van der Waals surface area contributed by atoms with Crippen molar-refractivity contribution in [2.75, 3.05) is 13.2 Å². The predicted molar refractivity (Wildman–Crippen MR) is 65.2 cm³/mol. The average molecular weight is 255 g/mol. The zero-order chi connectivity index (χ0) is 13.0. The molecule has 0 radical (unpaired) electrons. The molecule has 2 aliphatic rings. The number of carbonyl (C=O) groups is 2. The van der Waals surface area contributed by atoms with E-state index in [1.165, 1.54) is 12.8 Å². The molecular formula is C13H21NO4. The van der Waals surface area contributed by atoms with Gasteiger partial charge in [-0.15, -0.1) is 0 Å². The fraction of sp³-hybridized carbons (Fsp3) is 0.846. The van der Waals surface area contributed by atoms with E-state index in [9.17, 15) is 9.59 Å². The fourth-order valence-electron chi connectivity index (χ4n) is 2.90. The lowest BCUT2D eigenvalue weighted by Gasteiger charge is -2.24. The van der Waals surface area contributed by atoms with Crippen molar-refractivity contribution in [3.63, 3.8) is 0 Å². The Balaban J connectivity index is 1.77. The summed E-state index contributed by atoms with van der Waals surface area (Å²) in [5, 5.41) is 8.81. The van der Waals surface area contributed by atoms with Crippen molar-refractivity contribution in [3.05, 3.63) is 0 Å². The molecule has 5 heteroatoms. The Morgan fingerprint density at radius 1 is 1.17 bits per heavy atom. The number of carboxylic acid groups (broad SMARTS) is 1. The smallest absolute Gasteiger partial charge is 0.305 e. The zero-order valence-electron chi connectivity index (χ0n) is 10.6. The van der Waals surface area contributed by atoms with Crippen LogP contribution in [0, 0.1) is 0 Å². The molecular weight excluding hydrogens is 234 g/mol. The van der Waals surface area contributed by atoms with E-state index in [1.54, 1.807) is 4.90 Å². The summed E-state index contributed by atoms with van der Waals surface area (Å²) >= 11 is 0. The van der Waals surface area contributed by atoms with Crippen LogP contribution in [0.3, 0.4) is 0 Å². The number of hydrogen-bond donors (Lipinski definition) is 1. The maximum Gasteiger partial charge on any atom is 0.305 e. The summed E-state index contributed by atoms with van der Waals surface area (Å²) in [7, 11) is 0. The topological polar surface area (TPSA) is 66.8 Å². The minimum Gasteiger partial charge on any atom is -0.481 e. The fourth-order valence-corrected chi connectivity index (χ4v) is 2.90. The van der Waals surface area contributed by atoms with Crippen LogP contribution in [0.15, 0.2) is 0 Å². The number of amides is 1. The Labute approximate surface area is 107 Å². The highest BCUT2D eigenvalue weighted by molar-refractivity contribution is 5.79. The molecule has 0 aromatic rings. The molecule has 0 unspecified atom stereocenters. The van der Waals surface area contributed by atoms with Crippen molar-refractivity contribution in [2.24, 2.45) is 0 Å². The van der Waals surface area contributed by atoms with Crippen LogP contribution < -0.4 is 0 Å². The molecule has 2 fully saturated rings. The zero-order valence-corrected chi connectivity index (χ0v) is 10.6. The molecule has 1 saturated heterocycles. The summed E-state index contributed by atoms with van der Waals surface area (Å²) in [4.78, 5) is 24.4. The summed E-state index contributed by atoms with van der Waals surface area (Å²) in [6.07, 6.45) is 6.44. The van der Waals surface area contributed by atoms with E-state index in [2.05, 4.69) is 0 Å². The molecule has 102 valence electrons. The summed E-state index contributed by atoms with van der Waals surface area (Å²) in [5.74, 6) is -0.887. The van der Waals surface area contributed by atoms with Gasteiger partial charge in [0.15, 0.2) is 0 Å². The van der Waals surface area contributed by atoms with Crippen molar-refractivity contribution in [1.29, 1.82) is 0 Å². The van der Waals surface area contributed by atoms with Crippen molar-refractivity contribution in [1.82, 2.24) is 4.90 Å². The molecule has 1 saturated carbocycles. The van der Waals surface area contributed by atoms with Gasteiger partial charge in [-0.25, -0.2) is 0 Å². The highest BCUT2D eigenvalue weighted by Gasteiger charge is 2.30. The first-order valence-electron chi connectivity index (χ1n) is 6.79. The van der Waals surface area contributed by atoms with Crippen LogP contribution in [-0.4, -0.2) is 47.2 Å². The number of carbonyl (C=O) groups excluding carboxylic acids is 1. The van der Waals surface area contributed by atoms with E-state index in [4.69, 9.17) is 9.84 Å². The van der Waals surface area contributed by atoms with Crippen LogP contribution in [-0.2, 0) is 14.3 Å². The highest BCUT2D eigenvalue weighted by Crippen LogP contribution is 2.23. The van der Waals surface area contributed by atoms with Gasteiger partial charge in [-0.2, -0.15) is 0 Å². The quantitative estimate of drug-likeness (QED) is 0.806. The van der Waals surface area contributed by atoms with E-state index in [-0.39, 0.29) is 31.1 Å². The molecule has 0 bridgehead atoms. The van der Waals surface area contributed by atoms with Gasteiger partial charge in [0, 0.05) is 12.6 Å². The first-order chi connectivity index (χ1) is 8.66. The molecule has 1 amide bonds. The van der Waals surface area contributed by atoms with E-state index in [1.807, 2.05) is 0 Å². The molecule has 1 heterocycles. The van der Waals surface area contributed by atoms with E-state index in [0.717, 1.165) is 25.7 Å². The number of hydrogen-bond acceptors (Lipinski definition) is 3. The number of aliphatic carboxylic acids is 1. The number of ether oxygens (including phenoxy) is 1. The first kappa shape index (κ1) is 13.3. The molecule has 18 heavy (non-hydrogen) atoms. The van der Waals surface area contributed by atoms with Gasteiger partial charge in [0.25, 0.3) is 0 Å². The highest BCUT2D eigenvalue weighted by atomic mass is 16.5. The minimum absolute atomic E-state index is 0.0503. The third kappa shape index (κ3) is 3.45. The van der Waals surface area contributed by atoms with Gasteiger partial charge in [0.1, 0.15) is 6.61 Å². The first-order valence-corrected chi connectivity index (χ1v) is 6.79. The number of nitrogens with zero attached hydrogens (tertiary/aromatic N) is 1. The van der Waals surface area contributed by atoms with E-state index >= 15 is 0 Å². The predicted octanol–water partition coefficient (Wildman–Crippen LogP) is 1.41. The lowest BCUT2D eigenvalue weighted by atomic mass is 10.1. The third-order valence-corrected chi connectivity index (χ3v) is 3.85. The maximum atomic E-state index is 12.0. The van der Waals surface area contributed by atoms with E-state index in [0.29, 0.717) is 6.54 Å². The molecule has 1 aliphatic heterocycles. The molecule has 0 aromatic carbocycles. The minimum atomic E-state index is -0.837. The van der Waals surface area contributed by atoms with Crippen molar-refractivity contribution < 1.29 is 19.4 Å². The van der Waals surface area contributed by atoms with Gasteiger partial charge in [0.2, 0.25) is 5.91 Å². The number of likely N-dealkylation sites (tertiary alicyclic amines) is 1. The third-order valence-electron chi connectivity index (χ3n) is 3.85. The van der Waals surface area contributed by atoms with Crippen LogP contribution in [0.4, 0.5) is 0 Å². The normalized spacial score (nSPS) is 24.7. The van der Waals surface area contributed by atoms with Crippen molar-refractivity contribution in [3.8, 4) is 0 Å². The lowest BCUT2D eigenvalue weighted by Crippen LogP contribution is -2.39. The molecule has 1 atom stereocenters. The summed E-state index contributed by atoms with van der Waals surface area (Å²) < 4.78 is 5.59. The standard InChI is InChI=1S/C13H21NO4/c15-12(9-18-11-5-1-2-6-11)14-7-3-4-10(14)8-13(16)17/h10-11H,1-9H2,(H,16,17)/t10-/m0/s1. The van der Waals surface area contributed by atoms with E-state index < -0.39 is 5.97 Å². The van der Waals surface area contributed by atoms with Crippen LogP contribution in [0.1, 0.15) is 44.9 Å². The maximum absolute atomic E-state index is 12.0. The Morgan fingerprint density at radius 2 is 1.89 bits per heavy atom. The van der Waals surface area contributed by atoms with Crippen LogP contribution >= 0.6 is 0 Å². The average Bonchev–Trinajstić information content (AvgIpc) is 2.95. The molecule has 1 aliphatic carbocycles. The second-order valence-electron chi connectivity index (χ2n) is 5.20. The Kier molecular flexibility index (Phi) is 4.58. The number of rotatable bonds is 5. The van der Waals surface area contributed by atoms with Crippen molar-refractivity contribution in [2.45, 2.75) is 57.1 Å². The van der Waals surface area contributed by atoms with Gasteiger partial charge >= 0.3 is 5.97 Å². The van der Waals surface area contributed by atoms with Gasteiger partial charge in [-0.3, -0.25) is 9.59 Å². The summed E-state index contributed by atoms with van der Waals surface area (Å²) in [5.41, 5.74) is 0.